The Bertz CT molecular complexity index is 839. The van der Waals surface area contributed by atoms with Crippen LogP contribution < -0.4 is 0 Å². The molecule has 0 aliphatic rings. The molecule has 3 aromatic rings. The number of hydrogen-bond donors (Lipinski definition) is 0. The van der Waals surface area contributed by atoms with Crippen LogP contribution in [-0.4, -0.2) is 9.97 Å². The summed E-state index contributed by atoms with van der Waals surface area (Å²) in [5.74, 6) is -1.07. The summed E-state index contributed by atoms with van der Waals surface area (Å²) >= 11 is 2.86. The Morgan fingerprint density at radius 1 is 0.880 bits per heavy atom. The molecule has 1 heterocycles. The van der Waals surface area contributed by atoms with Crippen molar-refractivity contribution in [2.45, 2.75) is 26.2 Å². The third-order valence-electron chi connectivity index (χ3n) is 4.00. The lowest BCUT2D eigenvalue weighted by atomic mass is 10.0. The Kier molecular flexibility index (Phi) is 5.53. The van der Waals surface area contributed by atoms with Crippen LogP contribution in [0.15, 0.2) is 53.3 Å². The van der Waals surface area contributed by atoms with Crippen LogP contribution in [0.2, 0.25) is 0 Å². The topological polar surface area (TPSA) is 25.8 Å². The maximum absolute atomic E-state index is 13.7. The second-order valence-electron chi connectivity index (χ2n) is 5.85. The molecule has 128 valence electrons. The number of aryl methyl sites for hydroxylation is 1. The number of halogens is 3. The molecule has 0 unspecified atom stereocenters. The van der Waals surface area contributed by atoms with Gasteiger partial charge in [-0.05, 0) is 52.0 Å². The van der Waals surface area contributed by atoms with Gasteiger partial charge in [0.05, 0.1) is 4.47 Å². The van der Waals surface area contributed by atoms with Gasteiger partial charge < -0.3 is 0 Å². The Morgan fingerprint density at radius 3 is 2.04 bits per heavy atom. The maximum atomic E-state index is 13.7. The average Bonchev–Trinajstić information content (AvgIpc) is 2.64. The van der Waals surface area contributed by atoms with Gasteiger partial charge in [-0.25, -0.2) is 18.7 Å². The van der Waals surface area contributed by atoms with Crippen LogP contribution in [0.4, 0.5) is 8.78 Å². The van der Waals surface area contributed by atoms with E-state index in [1.54, 1.807) is 12.4 Å². The zero-order valence-electron chi connectivity index (χ0n) is 13.8. The molecule has 0 spiro atoms. The molecule has 0 fully saturated rings. The summed E-state index contributed by atoms with van der Waals surface area (Å²) in [5.41, 5.74) is 3.49. The third kappa shape index (κ3) is 4.10. The molecule has 0 saturated carbocycles. The smallest absolute Gasteiger partial charge is 0.159 e. The van der Waals surface area contributed by atoms with Crippen LogP contribution in [-0.2, 0) is 6.42 Å². The molecule has 25 heavy (non-hydrogen) atoms. The standard InChI is InChI=1S/C20H17BrF2N2/c1-2-3-4-13-5-7-14(8-6-13)16-11-24-20(25-12-16)15-9-17(22)19(21)18(23)10-15/h5-12H,2-4H2,1H3. The predicted molar refractivity (Wildman–Crippen MR) is 99.1 cm³/mol. The van der Waals surface area contributed by atoms with Crippen molar-refractivity contribution in [3.63, 3.8) is 0 Å². The molecule has 0 aliphatic heterocycles. The van der Waals surface area contributed by atoms with Crippen molar-refractivity contribution in [2.24, 2.45) is 0 Å². The van der Waals surface area contributed by atoms with E-state index in [0.717, 1.165) is 17.5 Å². The van der Waals surface area contributed by atoms with E-state index in [4.69, 9.17) is 0 Å². The van der Waals surface area contributed by atoms with Crippen LogP contribution in [0.5, 0.6) is 0 Å². The molecule has 0 bridgehead atoms. The second kappa shape index (κ2) is 7.83. The van der Waals surface area contributed by atoms with Gasteiger partial charge in [0.2, 0.25) is 0 Å². The van der Waals surface area contributed by atoms with Gasteiger partial charge in [-0.2, -0.15) is 0 Å². The molecule has 1 aromatic heterocycles. The summed E-state index contributed by atoms with van der Waals surface area (Å²) in [6, 6.07) is 10.7. The first-order valence-electron chi connectivity index (χ1n) is 8.14. The van der Waals surface area contributed by atoms with Gasteiger partial charge in [-0.15, -0.1) is 0 Å². The SMILES string of the molecule is CCCCc1ccc(-c2cnc(-c3cc(F)c(Br)c(F)c3)nc2)cc1. The minimum Gasteiger partial charge on any atom is -0.236 e. The van der Waals surface area contributed by atoms with Crippen molar-refractivity contribution in [1.82, 2.24) is 9.97 Å². The highest BCUT2D eigenvalue weighted by atomic mass is 79.9. The van der Waals surface area contributed by atoms with E-state index in [-0.39, 0.29) is 10.3 Å². The minimum absolute atomic E-state index is 0.184. The molecule has 2 aromatic carbocycles. The molecule has 5 heteroatoms. The maximum Gasteiger partial charge on any atom is 0.159 e. The van der Waals surface area contributed by atoms with Gasteiger partial charge in [0.25, 0.3) is 0 Å². The van der Waals surface area contributed by atoms with Crippen molar-refractivity contribution in [2.75, 3.05) is 0 Å². The fraction of sp³-hybridized carbons (Fsp3) is 0.200. The highest BCUT2D eigenvalue weighted by molar-refractivity contribution is 9.10. The van der Waals surface area contributed by atoms with Crippen molar-refractivity contribution in [3.8, 4) is 22.5 Å². The number of unbranched alkanes of at least 4 members (excludes halogenated alkanes) is 1. The Balaban J connectivity index is 1.82. The van der Waals surface area contributed by atoms with E-state index < -0.39 is 11.6 Å². The third-order valence-corrected chi connectivity index (χ3v) is 4.76. The quantitative estimate of drug-likeness (QED) is 0.475. The summed E-state index contributed by atoms with van der Waals surface area (Å²) in [5, 5.41) is 0. The molecule has 0 saturated heterocycles. The largest absolute Gasteiger partial charge is 0.236 e. The molecular formula is C20H17BrF2N2. The van der Waals surface area contributed by atoms with E-state index in [1.807, 2.05) is 12.1 Å². The first kappa shape index (κ1) is 17.7. The summed E-state index contributed by atoms with van der Waals surface area (Å²) < 4.78 is 27.1. The Hall–Kier alpha value is -2.14. The van der Waals surface area contributed by atoms with E-state index in [1.165, 1.54) is 30.5 Å². The molecule has 0 radical (unpaired) electrons. The molecular weight excluding hydrogens is 386 g/mol. The minimum atomic E-state index is -0.676. The van der Waals surface area contributed by atoms with E-state index in [2.05, 4.69) is 45.0 Å². The second-order valence-corrected chi connectivity index (χ2v) is 6.64. The molecule has 3 rings (SSSR count). The first-order chi connectivity index (χ1) is 12.1. The summed E-state index contributed by atoms with van der Waals surface area (Å²) in [4.78, 5) is 8.50. The first-order valence-corrected chi connectivity index (χ1v) is 8.94. The van der Waals surface area contributed by atoms with Crippen molar-refractivity contribution in [1.29, 1.82) is 0 Å². The summed E-state index contributed by atoms with van der Waals surface area (Å²) in [6.07, 6.45) is 6.77. The number of rotatable bonds is 5. The van der Waals surface area contributed by atoms with Crippen molar-refractivity contribution in [3.05, 3.63) is 70.5 Å². The fourth-order valence-corrected chi connectivity index (χ4v) is 2.78. The summed E-state index contributed by atoms with van der Waals surface area (Å²) in [6.45, 7) is 2.18. The lowest BCUT2D eigenvalue weighted by molar-refractivity contribution is 0.572. The van der Waals surface area contributed by atoms with Gasteiger partial charge in [0, 0.05) is 23.5 Å². The Labute approximate surface area is 154 Å². The molecule has 0 amide bonds. The number of hydrogen-bond acceptors (Lipinski definition) is 2. The zero-order valence-corrected chi connectivity index (χ0v) is 15.4. The molecule has 2 nitrogen and oxygen atoms in total. The van der Waals surface area contributed by atoms with Gasteiger partial charge in [0.15, 0.2) is 5.82 Å². The van der Waals surface area contributed by atoms with Gasteiger partial charge in [-0.3, -0.25) is 0 Å². The molecule has 0 atom stereocenters. The van der Waals surface area contributed by atoms with Crippen LogP contribution in [0.1, 0.15) is 25.3 Å². The van der Waals surface area contributed by atoms with E-state index >= 15 is 0 Å². The Morgan fingerprint density at radius 2 is 1.48 bits per heavy atom. The van der Waals surface area contributed by atoms with Crippen LogP contribution in [0, 0.1) is 11.6 Å². The van der Waals surface area contributed by atoms with Crippen molar-refractivity contribution >= 4 is 15.9 Å². The fourth-order valence-electron chi connectivity index (χ4n) is 2.56. The molecule has 0 aliphatic carbocycles. The van der Waals surface area contributed by atoms with Gasteiger partial charge >= 0.3 is 0 Å². The number of aromatic nitrogens is 2. The number of benzene rings is 2. The lowest BCUT2D eigenvalue weighted by Gasteiger charge is -2.06. The summed E-state index contributed by atoms with van der Waals surface area (Å²) in [7, 11) is 0. The zero-order chi connectivity index (χ0) is 17.8. The van der Waals surface area contributed by atoms with Gasteiger partial charge in [0.1, 0.15) is 11.6 Å². The molecule has 0 N–H and O–H groups in total. The van der Waals surface area contributed by atoms with Crippen LogP contribution in [0.3, 0.4) is 0 Å². The average molecular weight is 403 g/mol. The highest BCUT2D eigenvalue weighted by Crippen LogP contribution is 2.26. The van der Waals surface area contributed by atoms with Crippen LogP contribution in [0.25, 0.3) is 22.5 Å². The van der Waals surface area contributed by atoms with Crippen LogP contribution >= 0.6 is 15.9 Å². The monoisotopic (exact) mass is 402 g/mol. The lowest BCUT2D eigenvalue weighted by Crippen LogP contribution is -1.93. The van der Waals surface area contributed by atoms with E-state index in [0.29, 0.717) is 5.56 Å². The predicted octanol–water partition coefficient (Wildman–Crippen LogP) is 6.19. The normalized spacial score (nSPS) is 10.9. The van der Waals surface area contributed by atoms with Crippen molar-refractivity contribution < 1.29 is 8.78 Å². The van der Waals surface area contributed by atoms with Gasteiger partial charge in [-0.1, -0.05) is 37.6 Å². The van der Waals surface area contributed by atoms with E-state index in [9.17, 15) is 8.78 Å². The highest BCUT2D eigenvalue weighted by Gasteiger charge is 2.11. The number of nitrogens with zero attached hydrogens (tertiary/aromatic N) is 2.